The van der Waals surface area contributed by atoms with Gasteiger partial charge in [0, 0.05) is 18.7 Å². The van der Waals surface area contributed by atoms with Crippen LogP contribution in [0.2, 0.25) is 0 Å². The normalized spacial score (nSPS) is 10.2. The van der Waals surface area contributed by atoms with Crippen LogP contribution in [0.5, 0.6) is 0 Å². The standard InChI is InChI=1S/C14H13FN2O2/c1-10-3-2-4-11(7-10)9-16-14-8-12(17(18)19)5-6-13(14)15/h2-8,16H,9H2,1H3. The molecule has 0 radical (unpaired) electrons. The van der Waals surface area contributed by atoms with Gasteiger partial charge in [-0.3, -0.25) is 10.1 Å². The van der Waals surface area contributed by atoms with Crippen molar-refractivity contribution in [3.8, 4) is 0 Å². The van der Waals surface area contributed by atoms with Gasteiger partial charge < -0.3 is 5.32 Å². The Kier molecular flexibility index (Phi) is 3.75. The highest BCUT2D eigenvalue weighted by Gasteiger charge is 2.10. The summed E-state index contributed by atoms with van der Waals surface area (Å²) in [5.74, 6) is -0.502. The average Bonchev–Trinajstić information content (AvgIpc) is 2.37. The quantitative estimate of drug-likeness (QED) is 0.674. The van der Waals surface area contributed by atoms with Crippen LogP contribution in [0.15, 0.2) is 42.5 Å². The Bertz CT molecular complexity index is 614. The first-order chi connectivity index (χ1) is 9.06. The van der Waals surface area contributed by atoms with Crippen molar-refractivity contribution in [2.24, 2.45) is 0 Å². The van der Waals surface area contributed by atoms with Crippen LogP contribution >= 0.6 is 0 Å². The Balaban J connectivity index is 2.15. The van der Waals surface area contributed by atoms with E-state index in [0.29, 0.717) is 6.54 Å². The molecule has 98 valence electrons. The Morgan fingerprint density at radius 1 is 1.26 bits per heavy atom. The fourth-order valence-corrected chi connectivity index (χ4v) is 1.78. The summed E-state index contributed by atoms with van der Waals surface area (Å²) in [6.45, 7) is 2.39. The number of halogens is 1. The van der Waals surface area contributed by atoms with Gasteiger partial charge in [-0.05, 0) is 18.6 Å². The molecule has 0 aromatic heterocycles. The van der Waals surface area contributed by atoms with Crippen molar-refractivity contribution in [1.82, 2.24) is 0 Å². The third kappa shape index (κ3) is 3.28. The summed E-state index contributed by atoms with van der Waals surface area (Å²) in [6, 6.07) is 11.2. The smallest absolute Gasteiger partial charge is 0.271 e. The van der Waals surface area contributed by atoms with E-state index in [-0.39, 0.29) is 11.4 Å². The van der Waals surface area contributed by atoms with Crippen LogP contribution in [0.3, 0.4) is 0 Å². The maximum Gasteiger partial charge on any atom is 0.271 e. The van der Waals surface area contributed by atoms with Gasteiger partial charge in [-0.15, -0.1) is 0 Å². The van der Waals surface area contributed by atoms with E-state index >= 15 is 0 Å². The van der Waals surface area contributed by atoms with Crippen LogP contribution in [-0.4, -0.2) is 4.92 Å². The van der Waals surface area contributed by atoms with Crippen molar-refractivity contribution in [3.05, 3.63) is 69.5 Å². The van der Waals surface area contributed by atoms with E-state index in [1.165, 1.54) is 6.07 Å². The van der Waals surface area contributed by atoms with Crippen molar-refractivity contribution in [3.63, 3.8) is 0 Å². The Labute approximate surface area is 110 Å². The highest BCUT2D eigenvalue weighted by Crippen LogP contribution is 2.21. The number of rotatable bonds is 4. The summed E-state index contributed by atoms with van der Waals surface area (Å²) in [4.78, 5) is 10.1. The van der Waals surface area contributed by atoms with Gasteiger partial charge in [0.1, 0.15) is 5.82 Å². The molecular formula is C14H13FN2O2. The number of hydrogen-bond acceptors (Lipinski definition) is 3. The molecule has 0 saturated heterocycles. The fourth-order valence-electron chi connectivity index (χ4n) is 1.78. The summed E-state index contributed by atoms with van der Waals surface area (Å²) in [6.07, 6.45) is 0. The van der Waals surface area contributed by atoms with Crippen molar-refractivity contribution in [2.45, 2.75) is 13.5 Å². The monoisotopic (exact) mass is 260 g/mol. The number of non-ortho nitro benzene ring substituents is 1. The molecule has 4 nitrogen and oxygen atoms in total. The zero-order valence-electron chi connectivity index (χ0n) is 10.4. The fraction of sp³-hybridized carbons (Fsp3) is 0.143. The van der Waals surface area contributed by atoms with E-state index in [4.69, 9.17) is 0 Å². The van der Waals surface area contributed by atoms with Crippen LogP contribution in [0, 0.1) is 22.9 Å². The first kappa shape index (κ1) is 13.0. The van der Waals surface area contributed by atoms with Crippen molar-refractivity contribution < 1.29 is 9.31 Å². The van der Waals surface area contributed by atoms with E-state index < -0.39 is 10.7 Å². The molecule has 0 fully saturated rings. The Hall–Kier alpha value is -2.43. The predicted octanol–water partition coefficient (Wildman–Crippen LogP) is 3.65. The minimum Gasteiger partial charge on any atom is -0.378 e. The summed E-state index contributed by atoms with van der Waals surface area (Å²) >= 11 is 0. The largest absolute Gasteiger partial charge is 0.378 e. The lowest BCUT2D eigenvalue weighted by Crippen LogP contribution is -2.02. The summed E-state index contributed by atoms with van der Waals surface area (Å²) in [5.41, 5.74) is 2.11. The highest BCUT2D eigenvalue weighted by molar-refractivity contribution is 5.52. The first-order valence-corrected chi connectivity index (χ1v) is 5.79. The molecule has 1 N–H and O–H groups in total. The van der Waals surface area contributed by atoms with Crippen LogP contribution in [0.1, 0.15) is 11.1 Å². The summed E-state index contributed by atoms with van der Waals surface area (Å²) < 4.78 is 13.5. The highest BCUT2D eigenvalue weighted by atomic mass is 19.1. The third-order valence-electron chi connectivity index (χ3n) is 2.73. The molecular weight excluding hydrogens is 247 g/mol. The molecule has 0 amide bonds. The van der Waals surface area contributed by atoms with Crippen LogP contribution in [0.25, 0.3) is 0 Å². The first-order valence-electron chi connectivity index (χ1n) is 5.79. The number of nitrogens with zero attached hydrogens (tertiary/aromatic N) is 1. The van der Waals surface area contributed by atoms with Crippen LogP contribution in [-0.2, 0) is 6.54 Å². The van der Waals surface area contributed by atoms with Gasteiger partial charge in [-0.25, -0.2) is 4.39 Å². The van der Waals surface area contributed by atoms with Crippen LogP contribution < -0.4 is 5.32 Å². The molecule has 0 unspecified atom stereocenters. The molecule has 0 bridgehead atoms. The number of nitrogens with one attached hydrogen (secondary N) is 1. The van der Waals surface area contributed by atoms with Crippen molar-refractivity contribution >= 4 is 11.4 Å². The number of anilines is 1. The molecule has 0 spiro atoms. The molecule has 0 aliphatic rings. The van der Waals surface area contributed by atoms with Gasteiger partial charge in [-0.2, -0.15) is 0 Å². The number of hydrogen-bond donors (Lipinski definition) is 1. The third-order valence-corrected chi connectivity index (χ3v) is 2.73. The molecule has 0 atom stereocenters. The molecule has 0 aliphatic carbocycles. The molecule has 0 saturated carbocycles. The SMILES string of the molecule is Cc1cccc(CNc2cc([N+](=O)[O-])ccc2F)c1. The van der Waals surface area contributed by atoms with Crippen molar-refractivity contribution in [2.75, 3.05) is 5.32 Å². The zero-order chi connectivity index (χ0) is 13.8. The van der Waals surface area contributed by atoms with Gasteiger partial charge in [0.15, 0.2) is 0 Å². The number of nitro groups is 1. The second kappa shape index (κ2) is 5.48. The summed E-state index contributed by atoms with van der Waals surface area (Å²) in [5, 5.41) is 13.5. The molecule has 0 heterocycles. The lowest BCUT2D eigenvalue weighted by Gasteiger charge is -2.08. The van der Waals surface area contributed by atoms with Crippen molar-refractivity contribution in [1.29, 1.82) is 0 Å². The second-order valence-electron chi connectivity index (χ2n) is 4.26. The number of nitro benzene ring substituents is 1. The average molecular weight is 260 g/mol. The Morgan fingerprint density at radius 3 is 2.74 bits per heavy atom. The predicted molar refractivity (Wildman–Crippen MR) is 71.6 cm³/mol. The van der Waals surface area contributed by atoms with Gasteiger partial charge in [0.05, 0.1) is 10.6 Å². The molecule has 2 aromatic rings. The lowest BCUT2D eigenvalue weighted by molar-refractivity contribution is -0.384. The Morgan fingerprint density at radius 2 is 2.05 bits per heavy atom. The van der Waals surface area contributed by atoms with Gasteiger partial charge in [-0.1, -0.05) is 29.8 Å². The molecule has 0 aliphatic heterocycles. The molecule has 5 heteroatoms. The maximum absolute atomic E-state index is 13.5. The zero-order valence-corrected chi connectivity index (χ0v) is 10.4. The van der Waals surface area contributed by atoms with E-state index in [2.05, 4.69) is 5.32 Å². The lowest BCUT2D eigenvalue weighted by atomic mass is 10.1. The maximum atomic E-state index is 13.5. The molecule has 2 aromatic carbocycles. The minimum atomic E-state index is -0.544. The summed E-state index contributed by atoms with van der Waals surface area (Å²) in [7, 11) is 0. The van der Waals surface area contributed by atoms with E-state index in [0.717, 1.165) is 23.3 Å². The van der Waals surface area contributed by atoms with E-state index in [1.54, 1.807) is 0 Å². The molecule has 2 rings (SSSR count). The van der Waals surface area contributed by atoms with Crippen LogP contribution in [0.4, 0.5) is 15.8 Å². The van der Waals surface area contributed by atoms with Gasteiger partial charge in [0.2, 0.25) is 0 Å². The topological polar surface area (TPSA) is 55.2 Å². The number of aryl methyl sites for hydroxylation is 1. The van der Waals surface area contributed by atoms with Gasteiger partial charge in [0.25, 0.3) is 5.69 Å². The molecule has 19 heavy (non-hydrogen) atoms. The minimum absolute atomic E-state index is 0.131. The second-order valence-corrected chi connectivity index (χ2v) is 4.26. The number of benzene rings is 2. The van der Waals surface area contributed by atoms with E-state index in [9.17, 15) is 14.5 Å². The van der Waals surface area contributed by atoms with E-state index in [1.807, 2.05) is 31.2 Å². The van der Waals surface area contributed by atoms with Gasteiger partial charge >= 0.3 is 0 Å².